The molecule has 2 atom stereocenters. The lowest BCUT2D eigenvalue weighted by atomic mass is 10.00. The van der Waals surface area contributed by atoms with E-state index in [1.165, 1.54) is 0 Å². The van der Waals surface area contributed by atoms with Crippen LogP contribution in [0.3, 0.4) is 0 Å². The summed E-state index contributed by atoms with van der Waals surface area (Å²) in [7, 11) is 0. The van der Waals surface area contributed by atoms with Gasteiger partial charge in [-0.2, -0.15) is 4.98 Å². The molecule has 3 aromatic rings. The van der Waals surface area contributed by atoms with Crippen LogP contribution in [0.15, 0.2) is 65.5 Å². The number of hydrogen-bond donors (Lipinski definition) is 1. The monoisotopic (exact) mass is 479 g/mol. The molecule has 0 spiro atoms. The number of nitrogens with one attached hydrogen (secondary N) is 1. The van der Waals surface area contributed by atoms with E-state index in [1.807, 2.05) is 41.5 Å². The lowest BCUT2D eigenvalue weighted by molar-refractivity contribution is -0.135. The number of amides is 1. The maximum atomic E-state index is 13.3. The summed E-state index contributed by atoms with van der Waals surface area (Å²) >= 11 is 5.95. The molecule has 9 heteroatoms. The molecule has 0 aliphatic carbocycles. The van der Waals surface area contributed by atoms with Crippen LogP contribution in [-0.2, 0) is 11.3 Å². The van der Waals surface area contributed by atoms with Gasteiger partial charge in [-0.25, -0.2) is 5.43 Å². The molecule has 34 heavy (non-hydrogen) atoms. The van der Waals surface area contributed by atoms with Gasteiger partial charge in [0.15, 0.2) is 0 Å². The summed E-state index contributed by atoms with van der Waals surface area (Å²) < 4.78 is 11.4. The van der Waals surface area contributed by atoms with E-state index in [-0.39, 0.29) is 24.5 Å². The van der Waals surface area contributed by atoms with Crippen molar-refractivity contribution < 1.29 is 14.1 Å². The minimum Gasteiger partial charge on any atom is -0.493 e. The summed E-state index contributed by atoms with van der Waals surface area (Å²) in [5.74, 6) is 1.67. The summed E-state index contributed by atoms with van der Waals surface area (Å²) in [4.78, 5) is 19.3. The number of fused-ring (bicyclic) bond motifs is 1. The third-order valence-corrected chi connectivity index (χ3v) is 6.25. The van der Waals surface area contributed by atoms with Gasteiger partial charge in [0.1, 0.15) is 18.3 Å². The molecular weight excluding hydrogens is 454 g/mol. The Balaban J connectivity index is 1.26. The average molecular weight is 480 g/mol. The first-order valence-electron chi connectivity index (χ1n) is 11.5. The number of unbranched alkanes of at least 4 members (excludes halogenated alkanes) is 1. The number of rotatable bonds is 8. The van der Waals surface area contributed by atoms with E-state index in [4.69, 9.17) is 20.9 Å². The first kappa shape index (κ1) is 22.4. The molecule has 1 fully saturated rings. The highest BCUT2D eigenvalue weighted by Gasteiger charge is 2.41. The zero-order chi connectivity index (χ0) is 23.5. The number of nitrogens with zero attached hydrogens (tertiary/aromatic N) is 4. The van der Waals surface area contributed by atoms with Crippen molar-refractivity contribution in [2.75, 3.05) is 6.61 Å². The van der Waals surface area contributed by atoms with Crippen molar-refractivity contribution >= 4 is 17.5 Å². The molecule has 1 N–H and O–H groups in total. The molecule has 2 unspecified atom stereocenters. The van der Waals surface area contributed by atoms with Crippen molar-refractivity contribution in [3.63, 3.8) is 0 Å². The second-order valence-electron chi connectivity index (χ2n) is 8.36. The van der Waals surface area contributed by atoms with Crippen LogP contribution in [0, 0.1) is 0 Å². The number of benzene rings is 2. The molecule has 0 saturated carbocycles. The Bertz CT molecular complexity index is 1180. The Morgan fingerprint density at radius 2 is 2.00 bits per heavy atom. The second kappa shape index (κ2) is 9.87. The number of carbonyl (C=O) groups is 1. The van der Waals surface area contributed by atoms with E-state index >= 15 is 0 Å². The molecule has 2 aliphatic rings. The van der Waals surface area contributed by atoms with Gasteiger partial charge in [0.2, 0.25) is 11.7 Å². The van der Waals surface area contributed by atoms with Crippen LogP contribution in [0.2, 0.25) is 5.02 Å². The third-order valence-electron chi connectivity index (χ3n) is 6.00. The van der Waals surface area contributed by atoms with Crippen molar-refractivity contribution in [2.45, 2.75) is 44.8 Å². The van der Waals surface area contributed by atoms with Gasteiger partial charge < -0.3 is 19.2 Å². The van der Waals surface area contributed by atoms with E-state index < -0.39 is 0 Å². The molecule has 1 saturated heterocycles. The number of hydrogen-bond acceptors (Lipinski definition) is 7. The minimum absolute atomic E-state index is 0.0173. The summed E-state index contributed by atoms with van der Waals surface area (Å²) in [6, 6.07) is 14.9. The Labute approximate surface area is 203 Å². The molecular formula is C25H26ClN5O3. The van der Waals surface area contributed by atoms with Gasteiger partial charge >= 0.3 is 0 Å². The average Bonchev–Trinajstić information content (AvgIpc) is 3.50. The Hall–Kier alpha value is -3.36. The normalized spacial score (nSPS) is 19.5. The fraction of sp³-hybridized carbons (Fsp3) is 0.320. The van der Waals surface area contributed by atoms with Gasteiger partial charge in [-0.1, -0.05) is 48.3 Å². The number of carbonyl (C=O) groups excluding carboxylic acids is 1. The van der Waals surface area contributed by atoms with E-state index in [0.29, 0.717) is 29.8 Å². The lowest BCUT2D eigenvalue weighted by Crippen LogP contribution is -2.47. The van der Waals surface area contributed by atoms with Crippen molar-refractivity contribution in [3.8, 4) is 17.1 Å². The number of hydrazine groups is 1. The fourth-order valence-electron chi connectivity index (χ4n) is 4.18. The van der Waals surface area contributed by atoms with Crippen LogP contribution in [-0.4, -0.2) is 38.6 Å². The number of ether oxygens (including phenoxy) is 1. The van der Waals surface area contributed by atoms with Crippen LogP contribution in [0.25, 0.3) is 11.4 Å². The molecule has 3 heterocycles. The van der Waals surface area contributed by atoms with Gasteiger partial charge in [-0.3, -0.25) is 4.79 Å². The maximum Gasteiger partial charge on any atom is 0.251 e. The molecule has 8 nitrogen and oxygen atoms in total. The van der Waals surface area contributed by atoms with Crippen LogP contribution in [0.5, 0.6) is 5.75 Å². The van der Waals surface area contributed by atoms with Crippen LogP contribution in [0.4, 0.5) is 0 Å². The van der Waals surface area contributed by atoms with Crippen LogP contribution >= 0.6 is 11.6 Å². The van der Waals surface area contributed by atoms with Gasteiger partial charge in [-0.15, -0.1) is 0 Å². The Kier molecular flexibility index (Phi) is 6.51. The van der Waals surface area contributed by atoms with Crippen LogP contribution in [0.1, 0.15) is 43.7 Å². The standard InChI is InChI=1S/C25H26ClN5O3/c1-2-3-14-33-22-7-5-4-6-19(22)20-15-21-25(32)30(12-13-31(21)28-20)16-23-27-24(29-34-23)17-8-10-18(26)11-9-17/h4-13,20-21,28H,2-3,14-16H2,1H3. The molecule has 0 bridgehead atoms. The van der Waals surface area contributed by atoms with Gasteiger partial charge in [-0.05, 0) is 43.2 Å². The van der Waals surface area contributed by atoms with Gasteiger partial charge in [0.05, 0.1) is 12.6 Å². The highest BCUT2D eigenvalue weighted by atomic mass is 35.5. The van der Waals surface area contributed by atoms with Crippen molar-refractivity contribution in [3.05, 3.63) is 77.4 Å². The zero-order valence-electron chi connectivity index (χ0n) is 18.9. The quantitative estimate of drug-likeness (QED) is 0.468. The Morgan fingerprint density at radius 3 is 2.82 bits per heavy atom. The molecule has 1 aromatic heterocycles. The summed E-state index contributed by atoms with van der Waals surface area (Å²) in [6.45, 7) is 3.03. The number of para-hydroxylation sites is 1. The van der Waals surface area contributed by atoms with Gasteiger partial charge in [0, 0.05) is 28.5 Å². The molecule has 176 valence electrons. The first-order valence-corrected chi connectivity index (χ1v) is 11.8. The maximum absolute atomic E-state index is 13.3. The molecule has 1 amide bonds. The summed E-state index contributed by atoms with van der Waals surface area (Å²) in [6.07, 6.45) is 6.34. The second-order valence-corrected chi connectivity index (χ2v) is 8.80. The Morgan fingerprint density at radius 1 is 1.18 bits per heavy atom. The predicted octanol–water partition coefficient (Wildman–Crippen LogP) is 4.70. The topological polar surface area (TPSA) is 83.7 Å². The number of aromatic nitrogens is 2. The zero-order valence-corrected chi connectivity index (χ0v) is 19.6. The van der Waals surface area contributed by atoms with E-state index in [1.54, 1.807) is 23.2 Å². The van der Waals surface area contributed by atoms with Crippen molar-refractivity contribution in [2.24, 2.45) is 0 Å². The molecule has 0 radical (unpaired) electrons. The highest BCUT2D eigenvalue weighted by molar-refractivity contribution is 6.30. The molecule has 2 aliphatic heterocycles. The van der Waals surface area contributed by atoms with E-state index in [9.17, 15) is 4.79 Å². The first-order chi connectivity index (χ1) is 16.6. The lowest BCUT2D eigenvalue weighted by Gasteiger charge is -2.30. The largest absolute Gasteiger partial charge is 0.493 e. The van der Waals surface area contributed by atoms with Crippen molar-refractivity contribution in [1.29, 1.82) is 0 Å². The smallest absolute Gasteiger partial charge is 0.251 e. The fourth-order valence-corrected chi connectivity index (χ4v) is 4.30. The molecule has 5 rings (SSSR count). The van der Waals surface area contributed by atoms with E-state index in [0.717, 1.165) is 29.7 Å². The molecule has 2 aromatic carbocycles. The summed E-state index contributed by atoms with van der Waals surface area (Å²) in [5.41, 5.74) is 5.30. The third kappa shape index (κ3) is 4.64. The van der Waals surface area contributed by atoms with Gasteiger partial charge in [0.25, 0.3) is 5.91 Å². The highest BCUT2D eigenvalue weighted by Crippen LogP contribution is 2.35. The van der Waals surface area contributed by atoms with Crippen molar-refractivity contribution in [1.82, 2.24) is 25.5 Å². The number of halogens is 1. The van der Waals surface area contributed by atoms with E-state index in [2.05, 4.69) is 28.6 Å². The SMILES string of the molecule is CCCCOc1ccccc1C1CC2C(=O)N(Cc3nc(-c4ccc(Cl)cc4)no3)C=CN2N1. The van der Waals surface area contributed by atoms with Crippen LogP contribution < -0.4 is 10.2 Å². The minimum atomic E-state index is -0.322. The summed E-state index contributed by atoms with van der Waals surface area (Å²) in [5, 5.41) is 6.55. The predicted molar refractivity (Wildman–Crippen MR) is 127 cm³/mol.